The van der Waals surface area contributed by atoms with Gasteiger partial charge in [0.05, 0.1) is 19.9 Å². The van der Waals surface area contributed by atoms with E-state index < -0.39 is 0 Å². The summed E-state index contributed by atoms with van der Waals surface area (Å²) in [5.74, 6) is 1.37. The molecular weight excluding hydrogens is 362 g/mol. The van der Waals surface area contributed by atoms with Gasteiger partial charge in [-0.3, -0.25) is 0 Å². The van der Waals surface area contributed by atoms with Crippen LogP contribution in [0.5, 0.6) is 11.5 Å². The fourth-order valence-electron chi connectivity index (χ4n) is 2.56. The third-order valence-electron chi connectivity index (χ3n) is 3.79. The summed E-state index contributed by atoms with van der Waals surface area (Å²) in [5, 5.41) is 9.47. The number of nitriles is 1. The van der Waals surface area contributed by atoms with E-state index in [-0.39, 0.29) is 17.3 Å². The van der Waals surface area contributed by atoms with Crippen molar-refractivity contribution in [3.05, 3.63) is 48.0 Å². The van der Waals surface area contributed by atoms with E-state index in [0.29, 0.717) is 17.2 Å². The lowest BCUT2D eigenvalue weighted by molar-refractivity contribution is 0.354. The Morgan fingerprint density at radius 1 is 1.00 bits per heavy atom. The zero-order chi connectivity index (χ0) is 19.4. The minimum Gasteiger partial charge on any atom is -0.493 e. The molecule has 4 N–H and O–H groups in total. The Morgan fingerprint density at radius 3 is 2.44 bits per heavy atom. The summed E-state index contributed by atoms with van der Waals surface area (Å²) in [6.45, 7) is 0. The highest BCUT2D eigenvalue weighted by atomic mass is 32.2. The number of hydrogen-bond donors (Lipinski definition) is 2. The highest BCUT2D eigenvalue weighted by Crippen LogP contribution is 2.40. The molecule has 2 aromatic carbocycles. The molecule has 0 aliphatic rings. The van der Waals surface area contributed by atoms with Crippen LogP contribution in [0.3, 0.4) is 0 Å². The molecule has 0 bridgehead atoms. The topological polar surface area (TPSA) is 120 Å². The van der Waals surface area contributed by atoms with E-state index in [1.807, 2.05) is 42.5 Å². The van der Waals surface area contributed by atoms with Crippen molar-refractivity contribution in [2.45, 2.75) is 9.79 Å². The van der Waals surface area contributed by atoms with Crippen LogP contribution in [0.2, 0.25) is 0 Å². The molecule has 1 heterocycles. The Kier molecular flexibility index (Phi) is 5.33. The monoisotopic (exact) mass is 379 g/mol. The Bertz CT molecular complexity index is 1030. The highest BCUT2D eigenvalue weighted by molar-refractivity contribution is 7.99. The third-order valence-corrected chi connectivity index (χ3v) is 4.86. The van der Waals surface area contributed by atoms with Gasteiger partial charge in [-0.15, -0.1) is 0 Å². The molecule has 3 aromatic rings. The lowest BCUT2D eigenvalue weighted by Gasteiger charge is -2.13. The van der Waals surface area contributed by atoms with Gasteiger partial charge in [0.15, 0.2) is 11.5 Å². The normalized spacial score (nSPS) is 10.3. The van der Waals surface area contributed by atoms with Gasteiger partial charge in [-0.25, -0.2) is 4.98 Å². The van der Waals surface area contributed by atoms with Gasteiger partial charge in [-0.2, -0.15) is 10.2 Å². The second-order valence-corrected chi connectivity index (χ2v) is 6.53. The molecule has 0 saturated carbocycles. The van der Waals surface area contributed by atoms with Crippen molar-refractivity contribution in [2.75, 3.05) is 25.7 Å². The first-order chi connectivity index (χ1) is 13.1. The van der Waals surface area contributed by atoms with Crippen molar-refractivity contribution in [1.29, 1.82) is 5.26 Å². The maximum atomic E-state index is 9.47. The minimum absolute atomic E-state index is 0.0208. The molecule has 0 saturated heterocycles. The number of aromatic nitrogens is 2. The van der Waals surface area contributed by atoms with Crippen molar-refractivity contribution < 1.29 is 9.47 Å². The standard InChI is InChI=1S/C19H17N5O2S/c1-25-14-8-7-11(9-15(14)26-2)27-16-6-4-3-5-12(16)17-13(10-20)18(21)24-19(22)23-17/h3-9H,1-2H3,(H4,21,22,23,24). The van der Waals surface area contributed by atoms with Crippen LogP contribution in [0, 0.1) is 11.3 Å². The lowest BCUT2D eigenvalue weighted by atomic mass is 10.1. The molecule has 1 aromatic heterocycles. The van der Waals surface area contributed by atoms with Crippen LogP contribution in [0.25, 0.3) is 11.3 Å². The predicted octanol–water partition coefficient (Wildman–Crippen LogP) is 3.35. The molecule has 0 radical (unpaired) electrons. The average Bonchev–Trinajstić information content (AvgIpc) is 2.67. The number of nitrogens with two attached hydrogens (primary N) is 2. The molecule has 0 fully saturated rings. The van der Waals surface area contributed by atoms with E-state index in [9.17, 15) is 5.26 Å². The molecule has 0 aliphatic heterocycles. The van der Waals surface area contributed by atoms with E-state index >= 15 is 0 Å². The van der Waals surface area contributed by atoms with E-state index in [0.717, 1.165) is 15.4 Å². The first kappa shape index (κ1) is 18.4. The van der Waals surface area contributed by atoms with Gasteiger partial charge in [-0.05, 0) is 24.3 Å². The van der Waals surface area contributed by atoms with E-state index in [2.05, 4.69) is 16.0 Å². The molecule has 27 heavy (non-hydrogen) atoms. The maximum Gasteiger partial charge on any atom is 0.222 e. The van der Waals surface area contributed by atoms with Crippen LogP contribution < -0.4 is 20.9 Å². The molecule has 0 spiro atoms. The highest BCUT2D eigenvalue weighted by Gasteiger charge is 2.17. The van der Waals surface area contributed by atoms with E-state index in [1.54, 1.807) is 14.2 Å². The van der Waals surface area contributed by atoms with Gasteiger partial charge in [-0.1, -0.05) is 30.0 Å². The van der Waals surface area contributed by atoms with Gasteiger partial charge in [0, 0.05) is 15.4 Å². The quantitative estimate of drug-likeness (QED) is 0.692. The number of rotatable bonds is 5. The first-order valence-electron chi connectivity index (χ1n) is 7.89. The summed E-state index contributed by atoms with van der Waals surface area (Å²) in [7, 11) is 3.18. The zero-order valence-electron chi connectivity index (χ0n) is 14.8. The van der Waals surface area contributed by atoms with Crippen molar-refractivity contribution in [2.24, 2.45) is 0 Å². The number of ether oxygens (including phenoxy) is 2. The summed E-state index contributed by atoms with van der Waals surface area (Å²) in [5.41, 5.74) is 12.9. The number of anilines is 2. The fraction of sp³-hybridized carbons (Fsp3) is 0.105. The fourth-order valence-corrected chi connectivity index (χ4v) is 3.54. The Hall–Kier alpha value is -3.44. The molecule has 3 rings (SSSR count). The second kappa shape index (κ2) is 7.85. The van der Waals surface area contributed by atoms with Crippen LogP contribution >= 0.6 is 11.8 Å². The largest absolute Gasteiger partial charge is 0.493 e. The van der Waals surface area contributed by atoms with Crippen LogP contribution in [0.4, 0.5) is 11.8 Å². The molecular formula is C19H17N5O2S. The maximum absolute atomic E-state index is 9.47. The SMILES string of the molecule is COc1ccc(Sc2ccccc2-c2nc(N)nc(N)c2C#N)cc1OC. The minimum atomic E-state index is 0.0208. The second-order valence-electron chi connectivity index (χ2n) is 5.42. The van der Waals surface area contributed by atoms with Crippen molar-refractivity contribution in [3.63, 3.8) is 0 Å². The van der Waals surface area contributed by atoms with Crippen LogP contribution in [0.1, 0.15) is 5.56 Å². The Labute approximate surface area is 161 Å². The van der Waals surface area contributed by atoms with Crippen LogP contribution in [-0.4, -0.2) is 24.2 Å². The molecule has 0 aliphatic carbocycles. The summed E-state index contributed by atoms with van der Waals surface area (Å²) < 4.78 is 10.6. The number of nitrogens with zero attached hydrogens (tertiary/aromatic N) is 3. The van der Waals surface area contributed by atoms with Gasteiger partial charge in [0.1, 0.15) is 17.5 Å². The van der Waals surface area contributed by atoms with Gasteiger partial charge < -0.3 is 20.9 Å². The van der Waals surface area contributed by atoms with Crippen molar-refractivity contribution in [3.8, 4) is 28.8 Å². The predicted molar refractivity (Wildman–Crippen MR) is 105 cm³/mol. The third kappa shape index (κ3) is 3.73. The molecule has 0 amide bonds. The Morgan fingerprint density at radius 2 is 1.74 bits per heavy atom. The van der Waals surface area contributed by atoms with E-state index in [4.69, 9.17) is 20.9 Å². The number of hydrogen-bond acceptors (Lipinski definition) is 8. The van der Waals surface area contributed by atoms with Gasteiger partial charge in [0.25, 0.3) is 0 Å². The first-order valence-corrected chi connectivity index (χ1v) is 8.71. The number of nitrogen functional groups attached to an aromatic ring is 2. The van der Waals surface area contributed by atoms with Crippen molar-refractivity contribution >= 4 is 23.5 Å². The molecule has 8 heteroatoms. The van der Waals surface area contributed by atoms with Crippen LogP contribution in [-0.2, 0) is 0 Å². The lowest BCUT2D eigenvalue weighted by Crippen LogP contribution is -2.05. The Balaban J connectivity index is 2.08. The molecule has 136 valence electrons. The smallest absolute Gasteiger partial charge is 0.222 e. The summed E-state index contributed by atoms with van der Waals surface area (Å²) >= 11 is 1.50. The molecule has 0 unspecified atom stereocenters. The number of methoxy groups -OCH3 is 2. The summed E-state index contributed by atoms with van der Waals surface area (Å²) in [6.07, 6.45) is 0. The van der Waals surface area contributed by atoms with E-state index in [1.165, 1.54) is 11.8 Å². The molecule has 7 nitrogen and oxygen atoms in total. The zero-order valence-corrected chi connectivity index (χ0v) is 15.6. The number of benzene rings is 2. The van der Waals surface area contributed by atoms with Gasteiger partial charge >= 0.3 is 0 Å². The van der Waals surface area contributed by atoms with Gasteiger partial charge in [0.2, 0.25) is 5.95 Å². The van der Waals surface area contributed by atoms with Crippen molar-refractivity contribution in [1.82, 2.24) is 9.97 Å². The summed E-state index contributed by atoms with van der Waals surface area (Å²) in [4.78, 5) is 9.94. The summed E-state index contributed by atoms with van der Waals surface area (Å²) in [6, 6.07) is 15.3. The van der Waals surface area contributed by atoms with Crippen LogP contribution in [0.15, 0.2) is 52.3 Å². The average molecular weight is 379 g/mol. The molecule has 0 atom stereocenters.